The normalized spacial score (nSPS) is 11.9. The van der Waals surface area contributed by atoms with Gasteiger partial charge in [-0.05, 0) is 23.8 Å². The second kappa shape index (κ2) is 6.91. The summed E-state index contributed by atoms with van der Waals surface area (Å²) < 4.78 is 24.1. The number of fused-ring (bicyclic) bond motifs is 3. The molecule has 0 bridgehead atoms. The molecule has 2 heterocycles. The van der Waals surface area contributed by atoms with Crippen molar-refractivity contribution < 1.29 is 23.8 Å². The van der Waals surface area contributed by atoms with E-state index in [-0.39, 0.29) is 5.30 Å². The van der Waals surface area contributed by atoms with Crippen molar-refractivity contribution in [2.24, 2.45) is 0 Å². The number of nitrogens with zero attached hydrogens (tertiary/aromatic N) is 3. The first-order chi connectivity index (χ1) is 13.4. The van der Waals surface area contributed by atoms with E-state index in [1.165, 1.54) is 12.1 Å². The molecule has 2 aromatic carbocycles. The van der Waals surface area contributed by atoms with Crippen LogP contribution >= 0.6 is 7.60 Å². The van der Waals surface area contributed by atoms with Gasteiger partial charge >= 0.3 is 7.60 Å². The summed E-state index contributed by atoms with van der Waals surface area (Å²) in [6, 6.07) is 9.99. The summed E-state index contributed by atoms with van der Waals surface area (Å²) in [6.07, 6.45) is 3.43. The average molecular weight is 399 g/mol. The zero-order valence-corrected chi connectivity index (χ0v) is 16.1. The summed E-state index contributed by atoms with van der Waals surface area (Å²) >= 11 is 0. The molecule has 0 spiro atoms. The van der Waals surface area contributed by atoms with Gasteiger partial charge < -0.3 is 23.8 Å². The van der Waals surface area contributed by atoms with Crippen LogP contribution in [-0.4, -0.2) is 38.5 Å². The van der Waals surface area contributed by atoms with Crippen LogP contribution in [0.4, 0.5) is 0 Å². The molecular weight excluding hydrogens is 381 g/mol. The number of aromatic nitrogens is 3. The van der Waals surface area contributed by atoms with E-state index in [0.29, 0.717) is 18.0 Å². The quantitative estimate of drug-likeness (QED) is 0.497. The molecule has 0 saturated carbocycles. The van der Waals surface area contributed by atoms with Crippen molar-refractivity contribution in [3.05, 3.63) is 54.5 Å². The van der Waals surface area contributed by atoms with E-state index >= 15 is 0 Å². The zero-order chi connectivity index (χ0) is 19.9. The zero-order valence-electron chi connectivity index (χ0n) is 15.2. The van der Waals surface area contributed by atoms with Crippen molar-refractivity contribution in [1.29, 1.82) is 0 Å². The standard InChI is InChI=1S/C19H18N3O5P/c1-26-17-7-14-15(8-18(17)27-2)20-9-16-19(14)22(11-21-16)10-12-3-5-13(6-4-12)28(23,24)25/h3-9,11H,10H2,1-2H3,(H2,23,24,25). The van der Waals surface area contributed by atoms with Gasteiger partial charge in [-0.25, -0.2) is 4.98 Å². The third-order valence-electron chi connectivity index (χ3n) is 4.57. The topological polar surface area (TPSA) is 107 Å². The molecule has 8 nitrogen and oxygen atoms in total. The third kappa shape index (κ3) is 3.22. The summed E-state index contributed by atoms with van der Waals surface area (Å²) in [7, 11) is -1.09. The lowest BCUT2D eigenvalue weighted by Crippen LogP contribution is -2.05. The van der Waals surface area contributed by atoms with Crippen LogP contribution in [0.1, 0.15) is 5.56 Å². The number of ether oxygens (including phenoxy) is 2. The summed E-state index contributed by atoms with van der Waals surface area (Å²) in [6.45, 7) is 0.491. The number of rotatable bonds is 5. The predicted molar refractivity (Wildman–Crippen MR) is 105 cm³/mol. The Morgan fingerprint density at radius 1 is 1.00 bits per heavy atom. The molecule has 0 aliphatic rings. The Kier molecular flexibility index (Phi) is 4.55. The lowest BCUT2D eigenvalue weighted by molar-refractivity contribution is 0.356. The lowest BCUT2D eigenvalue weighted by Gasteiger charge is -2.11. The monoisotopic (exact) mass is 399 g/mol. The minimum Gasteiger partial charge on any atom is -0.493 e. The highest BCUT2D eigenvalue weighted by atomic mass is 31.2. The fourth-order valence-corrected chi connectivity index (χ4v) is 3.73. The molecule has 4 rings (SSSR count). The van der Waals surface area contributed by atoms with E-state index in [4.69, 9.17) is 9.47 Å². The number of hydrogen-bond acceptors (Lipinski definition) is 5. The maximum Gasteiger partial charge on any atom is 0.356 e. The van der Waals surface area contributed by atoms with Crippen molar-refractivity contribution in [1.82, 2.24) is 14.5 Å². The summed E-state index contributed by atoms with van der Waals surface area (Å²) in [5.41, 5.74) is 3.28. The molecule has 0 radical (unpaired) electrons. The van der Waals surface area contributed by atoms with Gasteiger partial charge in [-0.2, -0.15) is 0 Å². The van der Waals surface area contributed by atoms with E-state index in [9.17, 15) is 14.4 Å². The maximum atomic E-state index is 11.3. The van der Waals surface area contributed by atoms with E-state index in [0.717, 1.165) is 27.5 Å². The Morgan fingerprint density at radius 2 is 1.68 bits per heavy atom. The first kappa shape index (κ1) is 18.4. The molecule has 9 heteroatoms. The summed E-state index contributed by atoms with van der Waals surface area (Å²) in [5, 5.41) is 0.873. The van der Waals surface area contributed by atoms with Gasteiger partial charge in [-0.3, -0.25) is 9.55 Å². The minimum atomic E-state index is -4.25. The smallest absolute Gasteiger partial charge is 0.356 e. The predicted octanol–water partition coefficient (Wildman–Crippen LogP) is 2.45. The van der Waals surface area contributed by atoms with E-state index in [1.807, 2.05) is 16.7 Å². The highest BCUT2D eigenvalue weighted by molar-refractivity contribution is 7.60. The Morgan fingerprint density at radius 3 is 2.32 bits per heavy atom. The molecule has 28 heavy (non-hydrogen) atoms. The molecule has 4 aromatic rings. The van der Waals surface area contributed by atoms with Gasteiger partial charge in [0.05, 0.1) is 43.1 Å². The van der Waals surface area contributed by atoms with E-state index in [2.05, 4.69) is 9.97 Å². The molecule has 0 aliphatic carbocycles. The molecule has 0 unspecified atom stereocenters. The maximum absolute atomic E-state index is 11.3. The van der Waals surface area contributed by atoms with Gasteiger partial charge in [0.1, 0.15) is 5.52 Å². The van der Waals surface area contributed by atoms with Crippen LogP contribution in [0.25, 0.3) is 21.9 Å². The van der Waals surface area contributed by atoms with Gasteiger partial charge in [0.15, 0.2) is 11.5 Å². The Bertz CT molecular complexity index is 1210. The van der Waals surface area contributed by atoms with Crippen molar-refractivity contribution in [3.8, 4) is 11.5 Å². The van der Waals surface area contributed by atoms with E-state index < -0.39 is 7.60 Å². The first-order valence-electron chi connectivity index (χ1n) is 8.41. The molecule has 0 saturated heterocycles. The third-order valence-corrected chi connectivity index (χ3v) is 5.55. The Labute approximate surface area is 160 Å². The van der Waals surface area contributed by atoms with Crippen molar-refractivity contribution in [2.45, 2.75) is 6.54 Å². The van der Waals surface area contributed by atoms with Crippen LogP contribution in [0, 0.1) is 0 Å². The number of hydrogen-bond donors (Lipinski definition) is 2. The molecule has 144 valence electrons. The second-order valence-electron chi connectivity index (χ2n) is 6.30. The van der Waals surface area contributed by atoms with Crippen LogP contribution < -0.4 is 14.8 Å². The first-order valence-corrected chi connectivity index (χ1v) is 10.0. The number of pyridine rings is 1. The minimum absolute atomic E-state index is 0.00165. The second-order valence-corrected chi connectivity index (χ2v) is 7.90. The fourth-order valence-electron chi connectivity index (χ4n) is 3.19. The Hall–Kier alpha value is -2.93. The number of benzene rings is 2. The van der Waals surface area contributed by atoms with Crippen LogP contribution in [0.5, 0.6) is 11.5 Å². The largest absolute Gasteiger partial charge is 0.493 e. The highest BCUT2D eigenvalue weighted by Gasteiger charge is 2.17. The van der Waals surface area contributed by atoms with Crippen LogP contribution in [-0.2, 0) is 11.1 Å². The van der Waals surface area contributed by atoms with Gasteiger partial charge in [0, 0.05) is 18.0 Å². The van der Waals surface area contributed by atoms with Crippen LogP contribution in [0.3, 0.4) is 0 Å². The molecule has 0 atom stereocenters. The van der Waals surface area contributed by atoms with Gasteiger partial charge in [-0.1, -0.05) is 12.1 Å². The van der Waals surface area contributed by atoms with Crippen LogP contribution in [0.2, 0.25) is 0 Å². The molecule has 0 amide bonds. The fraction of sp³-hybridized carbons (Fsp3) is 0.158. The van der Waals surface area contributed by atoms with Gasteiger partial charge in [0.2, 0.25) is 0 Å². The molecule has 0 fully saturated rings. The van der Waals surface area contributed by atoms with Crippen LogP contribution in [0.15, 0.2) is 48.9 Å². The summed E-state index contributed by atoms with van der Waals surface area (Å²) in [4.78, 5) is 27.4. The average Bonchev–Trinajstić information content (AvgIpc) is 3.09. The van der Waals surface area contributed by atoms with Gasteiger partial charge in [-0.15, -0.1) is 0 Å². The summed E-state index contributed by atoms with van der Waals surface area (Å²) in [5.74, 6) is 1.20. The molecule has 2 N–H and O–H groups in total. The molecular formula is C19H18N3O5P. The SMILES string of the molecule is COc1cc2ncc3ncn(Cc4ccc(P(=O)(O)O)cc4)c3c2cc1OC. The molecule has 0 aliphatic heterocycles. The molecule has 2 aromatic heterocycles. The highest BCUT2D eigenvalue weighted by Crippen LogP contribution is 2.35. The number of methoxy groups -OCH3 is 2. The number of imidazole rings is 1. The van der Waals surface area contributed by atoms with Crippen molar-refractivity contribution in [2.75, 3.05) is 14.2 Å². The van der Waals surface area contributed by atoms with E-state index in [1.54, 1.807) is 38.9 Å². The van der Waals surface area contributed by atoms with Crippen molar-refractivity contribution >= 4 is 34.8 Å². The van der Waals surface area contributed by atoms with Gasteiger partial charge in [0.25, 0.3) is 0 Å². The van der Waals surface area contributed by atoms with Crippen molar-refractivity contribution in [3.63, 3.8) is 0 Å². The Balaban J connectivity index is 1.81. The lowest BCUT2D eigenvalue weighted by atomic mass is 10.1.